The average Bonchev–Trinajstić information content (AvgIpc) is 2.67. The first kappa shape index (κ1) is 22.4. The lowest BCUT2D eigenvalue weighted by Gasteiger charge is -2.31. The molecule has 0 saturated carbocycles. The number of sulfonamides is 1. The van der Waals surface area contributed by atoms with Crippen LogP contribution in [-0.4, -0.2) is 49.8 Å². The van der Waals surface area contributed by atoms with Crippen LogP contribution in [0.4, 0.5) is 0 Å². The SMILES string of the molecule is CC1CCCN(C(N)=NCc2cccc(S(=O)(=O)N3CCCCC3)c2)C1.I. The van der Waals surface area contributed by atoms with E-state index in [2.05, 4.69) is 16.8 Å². The Morgan fingerprint density at radius 3 is 2.63 bits per heavy atom. The number of benzene rings is 1. The molecule has 1 aromatic carbocycles. The van der Waals surface area contributed by atoms with Crippen LogP contribution in [0.3, 0.4) is 0 Å². The van der Waals surface area contributed by atoms with Gasteiger partial charge in [-0.15, -0.1) is 24.0 Å². The van der Waals surface area contributed by atoms with E-state index in [1.165, 1.54) is 6.42 Å². The van der Waals surface area contributed by atoms with Crippen molar-refractivity contribution < 1.29 is 8.42 Å². The number of piperidine rings is 2. The van der Waals surface area contributed by atoms with Gasteiger partial charge < -0.3 is 10.6 Å². The van der Waals surface area contributed by atoms with Crippen LogP contribution in [-0.2, 0) is 16.6 Å². The lowest BCUT2D eigenvalue weighted by molar-refractivity contribution is 0.270. The zero-order chi connectivity index (χ0) is 18.6. The number of nitrogens with zero attached hydrogens (tertiary/aromatic N) is 3. The standard InChI is InChI=1S/C19H30N4O2S.HI/c1-16-7-6-10-22(15-16)19(20)21-14-17-8-5-9-18(13-17)26(24,25)23-11-3-2-4-12-23;/h5,8-9,13,16H,2-4,6-7,10-12,14-15H2,1H3,(H2,20,21);1H. The van der Waals surface area contributed by atoms with E-state index in [1.54, 1.807) is 22.5 Å². The van der Waals surface area contributed by atoms with E-state index < -0.39 is 10.0 Å². The Labute approximate surface area is 180 Å². The lowest BCUT2D eigenvalue weighted by Crippen LogP contribution is -2.43. The summed E-state index contributed by atoms with van der Waals surface area (Å²) in [5.74, 6) is 1.19. The molecule has 6 nitrogen and oxygen atoms in total. The largest absolute Gasteiger partial charge is 0.370 e. The van der Waals surface area contributed by atoms with Crippen LogP contribution in [0.15, 0.2) is 34.2 Å². The molecule has 0 radical (unpaired) electrons. The maximum atomic E-state index is 12.8. The average molecular weight is 506 g/mol. The van der Waals surface area contributed by atoms with E-state index in [4.69, 9.17) is 5.73 Å². The first-order chi connectivity index (χ1) is 12.5. The van der Waals surface area contributed by atoms with Gasteiger partial charge in [0, 0.05) is 26.2 Å². The van der Waals surface area contributed by atoms with Gasteiger partial charge in [-0.05, 0) is 49.3 Å². The van der Waals surface area contributed by atoms with E-state index >= 15 is 0 Å². The van der Waals surface area contributed by atoms with E-state index in [-0.39, 0.29) is 24.0 Å². The molecular weight excluding hydrogens is 475 g/mol. The van der Waals surface area contributed by atoms with Gasteiger partial charge in [-0.1, -0.05) is 25.5 Å². The third-order valence-electron chi connectivity index (χ3n) is 5.26. The van der Waals surface area contributed by atoms with Gasteiger partial charge in [0.15, 0.2) is 5.96 Å². The molecule has 0 aromatic heterocycles. The summed E-state index contributed by atoms with van der Waals surface area (Å²) in [7, 11) is -3.41. The minimum atomic E-state index is -3.41. The zero-order valence-electron chi connectivity index (χ0n) is 16.0. The third kappa shape index (κ3) is 5.80. The van der Waals surface area contributed by atoms with Gasteiger partial charge in [-0.2, -0.15) is 4.31 Å². The Balaban J connectivity index is 0.00000261. The van der Waals surface area contributed by atoms with Crippen molar-refractivity contribution in [3.05, 3.63) is 29.8 Å². The molecule has 2 fully saturated rings. The summed E-state index contributed by atoms with van der Waals surface area (Å²) in [6.45, 7) is 5.76. The second kappa shape index (κ2) is 10.1. The molecule has 152 valence electrons. The molecule has 27 heavy (non-hydrogen) atoms. The highest BCUT2D eigenvalue weighted by molar-refractivity contribution is 14.0. The maximum absolute atomic E-state index is 12.8. The molecule has 3 rings (SSSR count). The molecule has 2 aliphatic heterocycles. The van der Waals surface area contributed by atoms with Crippen LogP contribution >= 0.6 is 24.0 Å². The highest BCUT2D eigenvalue weighted by Gasteiger charge is 2.26. The van der Waals surface area contributed by atoms with E-state index in [0.29, 0.717) is 36.4 Å². The molecule has 0 bridgehead atoms. The summed E-state index contributed by atoms with van der Waals surface area (Å²) in [5.41, 5.74) is 7.02. The third-order valence-corrected chi connectivity index (χ3v) is 7.15. The van der Waals surface area contributed by atoms with Crippen LogP contribution in [0.1, 0.15) is 44.6 Å². The summed E-state index contributed by atoms with van der Waals surface area (Å²) in [5, 5.41) is 0. The normalized spacial score (nSPS) is 22.3. The van der Waals surface area contributed by atoms with Crippen molar-refractivity contribution in [2.24, 2.45) is 16.6 Å². The van der Waals surface area contributed by atoms with E-state index in [0.717, 1.165) is 44.3 Å². The van der Waals surface area contributed by atoms with Crippen molar-refractivity contribution in [2.75, 3.05) is 26.2 Å². The van der Waals surface area contributed by atoms with Crippen LogP contribution in [0, 0.1) is 5.92 Å². The molecule has 2 N–H and O–H groups in total. The van der Waals surface area contributed by atoms with Crippen molar-refractivity contribution in [1.82, 2.24) is 9.21 Å². The number of aliphatic imine (C=N–C) groups is 1. The Morgan fingerprint density at radius 1 is 1.19 bits per heavy atom. The second-order valence-electron chi connectivity index (χ2n) is 7.48. The van der Waals surface area contributed by atoms with Crippen LogP contribution in [0.25, 0.3) is 0 Å². The van der Waals surface area contributed by atoms with Gasteiger partial charge >= 0.3 is 0 Å². The number of halogens is 1. The van der Waals surface area contributed by atoms with Crippen LogP contribution < -0.4 is 5.73 Å². The van der Waals surface area contributed by atoms with Crippen LogP contribution in [0.2, 0.25) is 0 Å². The summed E-state index contributed by atoms with van der Waals surface area (Å²) in [4.78, 5) is 6.99. The number of rotatable bonds is 4. The minimum Gasteiger partial charge on any atom is -0.370 e. The van der Waals surface area contributed by atoms with Gasteiger partial charge in [0.1, 0.15) is 0 Å². The molecule has 0 aliphatic carbocycles. The topological polar surface area (TPSA) is 79.0 Å². The molecule has 2 aliphatic rings. The fraction of sp³-hybridized carbons (Fsp3) is 0.632. The highest BCUT2D eigenvalue weighted by Crippen LogP contribution is 2.21. The smallest absolute Gasteiger partial charge is 0.243 e. The molecule has 0 amide bonds. The Kier molecular flexibility index (Phi) is 8.36. The zero-order valence-corrected chi connectivity index (χ0v) is 19.2. The summed E-state index contributed by atoms with van der Waals surface area (Å²) >= 11 is 0. The molecule has 2 heterocycles. The number of guanidine groups is 1. The monoisotopic (exact) mass is 506 g/mol. The minimum absolute atomic E-state index is 0. The van der Waals surface area contributed by atoms with Crippen molar-refractivity contribution >= 4 is 40.0 Å². The van der Waals surface area contributed by atoms with Crippen molar-refractivity contribution in [3.8, 4) is 0 Å². The second-order valence-corrected chi connectivity index (χ2v) is 9.42. The number of likely N-dealkylation sites (tertiary alicyclic amines) is 1. The van der Waals surface area contributed by atoms with Gasteiger partial charge in [0.25, 0.3) is 0 Å². The number of hydrogen-bond acceptors (Lipinski definition) is 3. The predicted octanol–water partition coefficient (Wildman–Crippen LogP) is 3.03. The molecule has 8 heteroatoms. The molecule has 2 saturated heterocycles. The molecular formula is C19H31IN4O2S. The van der Waals surface area contributed by atoms with Gasteiger partial charge in [-0.3, -0.25) is 0 Å². The van der Waals surface area contributed by atoms with E-state index in [9.17, 15) is 8.42 Å². The maximum Gasteiger partial charge on any atom is 0.243 e. The fourth-order valence-corrected chi connectivity index (χ4v) is 5.32. The van der Waals surface area contributed by atoms with Crippen molar-refractivity contribution in [2.45, 2.75) is 50.5 Å². The highest BCUT2D eigenvalue weighted by atomic mass is 127. The number of nitrogens with two attached hydrogens (primary N) is 1. The van der Waals surface area contributed by atoms with Crippen molar-refractivity contribution in [1.29, 1.82) is 0 Å². The molecule has 1 unspecified atom stereocenters. The van der Waals surface area contributed by atoms with Gasteiger partial charge in [-0.25, -0.2) is 13.4 Å². The Hall–Kier alpha value is -0.870. The predicted molar refractivity (Wildman–Crippen MR) is 120 cm³/mol. The summed E-state index contributed by atoms with van der Waals surface area (Å²) in [6.07, 6.45) is 5.36. The number of hydrogen-bond donors (Lipinski definition) is 1. The first-order valence-electron chi connectivity index (χ1n) is 9.61. The van der Waals surface area contributed by atoms with Crippen LogP contribution in [0.5, 0.6) is 0 Å². The molecule has 0 spiro atoms. The van der Waals surface area contributed by atoms with E-state index in [1.807, 2.05) is 6.07 Å². The van der Waals surface area contributed by atoms with Crippen molar-refractivity contribution in [3.63, 3.8) is 0 Å². The first-order valence-corrected chi connectivity index (χ1v) is 11.0. The fourth-order valence-electron chi connectivity index (χ4n) is 3.73. The Bertz CT molecular complexity index is 748. The summed E-state index contributed by atoms with van der Waals surface area (Å²) in [6, 6.07) is 7.11. The van der Waals surface area contributed by atoms with Gasteiger partial charge in [0.2, 0.25) is 10.0 Å². The lowest BCUT2D eigenvalue weighted by atomic mass is 10.0. The van der Waals surface area contributed by atoms with Gasteiger partial charge in [0.05, 0.1) is 11.4 Å². The molecule has 1 atom stereocenters. The molecule has 1 aromatic rings. The quantitative estimate of drug-likeness (QED) is 0.387. The Morgan fingerprint density at radius 2 is 1.93 bits per heavy atom. The summed E-state index contributed by atoms with van der Waals surface area (Å²) < 4.78 is 27.2.